The zero-order chi connectivity index (χ0) is 14.4. The summed E-state index contributed by atoms with van der Waals surface area (Å²) in [4.78, 5) is 2.41. The minimum absolute atomic E-state index is 0.317. The Morgan fingerprint density at radius 1 is 1.30 bits per heavy atom. The molecule has 0 radical (unpaired) electrons. The van der Waals surface area contributed by atoms with Crippen LogP contribution in [0.25, 0.3) is 0 Å². The third-order valence-electron chi connectivity index (χ3n) is 3.45. The third-order valence-corrected chi connectivity index (χ3v) is 3.45. The number of benzene rings is 1. The summed E-state index contributed by atoms with van der Waals surface area (Å²) in [6, 6.07) is 8.26. The second-order valence-corrected chi connectivity index (χ2v) is 5.54. The summed E-state index contributed by atoms with van der Waals surface area (Å²) in [5.41, 5.74) is 1.25. The lowest BCUT2D eigenvalue weighted by atomic mass is 10.2. The highest BCUT2D eigenvalue weighted by molar-refractivity contribution is 5.28. The fraction of sp³-hybridized carbons (Fsp3) is 0.625. The number of nitrogens with zero attached hydrogens (tertiary/aromatic N) is 1. The van der Waals surface area contributed by atoms with Crippen molar-refractivity contribution in [1.29, 1.82) is 0 Å². The minimum atomic E-state index is 0.317. The lowest BCUT2D eigenvalue weighted by Gasteiger charge is -2.35. The number of nitrogens with one attached hydrogen (secondary N) is 1. The highest BCUT2D eigenvalue weighted by Crippen LogP contribution is 2.14. The van der Waals surface area contributed by atoms with E-state index in [1.165, 1.54) is 5.56 Å². The molecular weight excluding hydrogens is 252 g/mol. The molecule has 0 bridgehead atoms. The average Bonchev–Trinajstić information content (AvgIpc) is 2.38. The molecule has 1 aliphatic rings. The molecule has 4 nitrogen and oxygen atoms in total. The Balaban J connectivity index is 1.76. The van der Waals surface area contributed by atoms with Crippen LogP contribution in [-0.2, 0) is 11.3 Å². The fourth-order valence-electron chi connectivity index (χ4n) is 2.71. The maximum absolute atomic E-state index is 5.86. The van der Waals surface area contributed by atoms with E-state index in [1.807, 2.05) is 19.2 Å². The minimum Gasteiger partial charge on any atom is -0.492 e. The van der Waals surface area contributed by atoms with Crippen LogP contribution < -0.4 is 10.1 Å². The molecule has 1 aromatic carbocycles. The molecule has 0 spiro atoms. The van der Waals surface area contributed by atoms with Crippen molar-refractivity contribution < 1.29 is 9.47 Å². The van der Waals surface area contributed by atoms with Crippen LogP contribution in [0.4, 0.5) is 0 Å². The maximum atomic E-state index is 5.86. The van der Waals surface area contributed by atoms with Gasteiger partial charge in [0.2, 0.25) is 0 Å². The van der Waals surface area contributed by atoms with Gasteiger partial charge >= 0.3 is 0 Å². The average molecular weight is 278 g/mol. The van der Waals surface area contributed by atoms with E-state index in [0.29, 0.717) is 12.2 Å². The Labute approximate surface area is 122 Å². The first kappa shape index (κ1) is 15.3. The fourth-order valence-corrected chi connectivity index (χ4v) is 2.71. The molecule has 1 aromatic rings. The van der Waals surface area contributed by atoms with Crippen molar-refractivity contribution in [1.82, 2.24) is 10.2 Å². The normalized spacial score (nSPS) is 23.8. The van der Waals surface area contributed by atoms with E-state index >= 15 is 0 Å². The number of morpholine rings is 1. The first-order valence-electron chi connectivity index (χ1n) is 7.41. The largest absolute Gasteiger partial charge is 0.492 e. The zero-order valence-electron chi connectivity index (χ0n) is 12.8. The highest BCUT2D eigenvalue weighted by Gasteiger charge is 2.21. The van der Waals surface area contributed by atoms with Gasteiger partial charge in [0.25, 0.3) is 0 Å². The number of hydrogen-bond donors (Lipinski definition) is 1. The van der Waals surface area contributed by atoms with Gasteiger partial charge in [-0.2, -0.15) is 0 Å². The molecule has 1 fully saturated rings. The molecule has 2 unspecified atom stereocenters. The van der Waals surface area contributed by atoms with Crippen molar-refractivity contribution in [2.24, 2.45) is 0 Å². The van der Waals surface area contributed by atoms with Crippen molar-refractivity contribution >= 4 is 0 Å². The van der Waals surface area contributed by atoms with Gasteiger partial charge in [-0.25, -0.2) is 0 Å². The summed E-state index contributed by atoms with van der Waals surface area (Å²) in [6.45, 7) is 8.79. The zero-order valence-corrected chi connectivity index (χ0v) is 12.8. The monoisotopic (exact) mass is 278 g/mol. The second kappa shape index (κ2) is 7.62. The van der Waals surface area contributed by atoms with E-state index in [1.54, 1.807) is 0 Å². The predicted octanol–water partition coefficient (Wildman–Crippen LogP) is 1.89. The SMILES string of the molecule is CNCc1cccc(OCCN2CC(C)OC(C)C2)c1. The van der Waals surface area contributed by atoms with Crippen LogP contribution in [0.5, 0.6) is 5.75 Å². The summed E-state index contributed by atoms with van der Waals surface area (Å²) < 4.78 is 11.6. The van der Waals surface area contributed by atoms with Crippen LogP contribution in [0.2, 0.25) is 0 Å². The Morgan fingerprint density at radius 3 is 2.75 bits per heavy atom. The van der Waals surface area contributed by atoms with Gasteiger partial charge in [0, 0.05) is 26.2 Å². The molecule has 0 aliphatic carbocycles. The first-order valence-corrected chi connectivity index (χ1v) is 7.41. The topological polar surface area (TPSA) is 33.7 Å². The molecule has 0 aromatic heterocycles. The van der Waals surface area contributed by atoms with E-state index in [0.717, 1.165) is 38.5 Å². The van der Waals surface area contributed by atoms with Gasteiger partial charge in [0.1, 0.15) is 12.4 Å². The Kier molecular flexibility index (Phi) is 5.83. The molecule has 1 saturated heterocycles. The van der Waals surface area contributed by atoms with Gasteiger partial charge in [0.05, 0.1) is 12.2 Å². The van der Waals surface area contributed by atoms with Gasteiger partial charge in [-0.15, -0.1) is 0 Å². The molecule has 2 rings (SSSR count). The second-order valence-electron chi connectivity index (χ2n) is 5.54. The molecule has 2 atom stereocenters. The molecule has 1 heterocycles. The summed E-state index contributed by atoms with van der Waals surface area (Å²) in [5, 5.41) is 3.15. The van der Waals surface area contributed by atoms with Crippen LogP contribution >= 0.6 is 0 Å². The van der Waals surface area contributed by atoms with Crippen molar-refractivity contribution in [3.8, 4) is 5.75 Å². The molecule has 4 heteroatoms. The standard InChI is InChI=1S/C16H26N2O2/c1-13-11-18(12-14(2)20-13)7-8-19-16-6-4-5-15(9-16)10-17-3/h4-6,9,13-14,17H,7-8,10-12H2,1-3H3. The third kappa shape index (κ3) is 4.78. The number of hydrogen-bond acceptors (Lipinski definition) is 4. The highest BCUT2D eigenvalue weighted by atomic mass is 16.5. The van der Waals surface area contributed by atoms with Gasteiger partial charge in [-0.3, -0.25) is 4.90 Å². The Hall–Kier alpha value is -1.10. The summed E-state index contributed by atoms with van der Waals surface area (Å²) in [5.74, 6) is 0.951. The van der Waals surface area contributed by atoms with Crippen molar-refractivity contribution in [3.05, 3.63) is 29.8 Å². The van der Waals surface area contributed by atoms with Gasteiger partial charge in [-0.05, 0) is 38.6 Å². The Morgan fingerprint density at radius 2 is 2.05 bits per heavy atom. The van der Waals surface area contributed by atoms with Gasteiger partial charge in [-0.1, -0.05) is 12.1 Å². The predicted molar refractivity (Wildman–Crippen MR) is 81.1 cm³/mol. The van der Waals surface area contributed by atoms with E-state index in [4.69, 9.17) is 9.47 Å². The van der Waals surface area contributed by atoms with E-state index in [2.05, 4.69) is 36.2 Å². The van der Waals surface area contributed by atoms with Crippen LogP contribution in [0, 0.1) is 0 Å². The first-order chi connectivity index (χ1) is 9.67. The molecule has 112 valence electrons. The van der Waals surface area contributed by atoms with Crippen molar-refractivity contribution in [3.63, 3.8) is 0 Å². The van der Waals surface area contributed by atoms with Crippen LogP contribution in [0.3, 0.4) is 0 Å². The van der Waals surface area contributed by atoms with Crippen LogP contribution in [-0.4, -0.2) is 50.4 Å². The summed E-state index contributed by atoms with van der Waals surface area (Å²) in [7, 11) is 1.95. The Bertz CT molecular complexity index is 401. The van der Waals surface area contributed by atoms with E-state index < -0.39 is 0 Å². The van der Waals surface area contributed by atoms with Gasteiger partial charge in [0.15, 0.2) is 0 Å². The van der Waals surface area contributed by atoms with E-state index in [9.17, 15) is 0 Å². The smallest absolute Gasteiger partial charge is 0.119 e. The van der Waals surface area contributed by atoms with Crippen molar-refractivity contribution in [2.75, 3.05) is 33.3 Å². The summed E-state index contributed by atoms with van der Waals surface area (Å²) >= 11 is 0. The quantitative estimate of drug-likeness (QED) is 0.861. The van der Waals surface area contributed by atoms with Crippen LogP contribution in [0.15, 0.2) is 24.3 Å². The van der Waals surface area contributed by atoms with Crippen molar-refractivity contribution in [2.45, 2.75) is 32.6 Å². The summed E-state index contributed by atoms with van der Waals surface area (Å²) in [6.07, 6.45) is 0.635. The lowest BCUT2D eigenvalue weighted by Crippen LogP contribution is -2.46. The molecule has 20 heavy (non-hydrogen) atoms. The van der Waals surface area contributed by atoms with Crippen LogP contribution in [0.1, 0.15) is 19.4 Å². The molecule has 0 amide bonds. The number of ether oxygens (including phenoxy) is 2. The van der Waals surface area contributed by atoms with E-state index in [-0.39, 0.29) is 0 Å². The molecule has 1 N–H and O–H groups in total. The lowest BCUT2D eigenvalue weighted by molar-refractivity contribution is -0.0699. The maximum Gasteiger partial charge on any atom is 0.119 e. The van der Waals surface area contributed by atoms with Gasteiger partial charge < -0.3 is 14.8 Å². The molecule has 1 aliphatic heterocycles. The molecule has 0 saturated carbocycles. The number of rotatable bonds is 6. The molecular formula is C16H26N2O2.